The van der Waals surface area contributed by atoms with E-state index in [2.05, 4.69) is 10.3 Å². The molecule has 1 aromatic rings. The highest BCUT2D eigenvalue weighted by Crippen LogP contribution is 2.30. The van der Waals surface area contributed by atoms with Crippen LogP contribution in [0.15, 0.2) is 23.2 Å². The lowest BCUT2D eigenvalue weighted by Gasteiger charge is -2.12. The predicted octanol–water partition coefficient (Wildman–Crippen LogP) is 0.989. The Labute approximate surface area is 125 Å². The smallest absolute Gasteiger partial charge is 0.262 e. The van der Waals surface area contributed by atoms with Crippen molar-refractivity contribution in [1.29, 1.82) is 0 Å². The molecule has 2 amide bonds. The quantitative estimate of drug-likeness (QED) is 0.840. The number of amides is 2. The minimum atomic E-state index is -0.568. The standard InChI is InChI=1S/C13H15N3O4S/c1-19-7-3-4-9(20-2)8(5-7)15-11(17)6-10-12(18)16-13(14)21-10/h3-5,10H,6H2,1-2H3,(H,15,17)(H2,14,16,18)/t10-/m0/s1. The molecule has 1 heterocycles. The minimum Gasteiger partial charge on any atom is -0.497 e. The molecule has 0 saturated heterocycles. The van der Waals surface area contributed by atoms with Gasteiger partial charge in [0.25, 0.3) is 5.91 Å². The summed E-state index contributed by atoms with van der Waals surface area (Å²) in [6.45, 7) is 0. The molecule has 8 heteroatoms. The highest BCUT2D eigenvalue weighted by molar-refractivity contribution is 8.15. The average Bonchev–Trinajstić information content (AvgIpc) is 2.76. The molecule has 1 aromatic carbocycles. The van der Waals surface area contributed by atoms with Gasteiger partial charge in [0, 0.05) is 12.5 Å². The van der Waals surface area contributed by atoms with Crippen LogP contribution in [0.2, 0.25) is 0 Å². The van der Waals surface area contributed by atoms with Crippen LogP contribution in [0.3, 0.4) is 0 Å². The maximum Gasteiger partial charge on any atom is 0.262 e. The van der Waals surface area contributed by atoms with E-state index in [-0.39, 0.29) is 23.4 Å². The Kier molecular flexibility index (Phi) is 4.69. The zero-order valence-electron chi connectivity index (χ0n) is 11.6. The topological polar surface area (TPSA) is 103 Å². The Morgan fingerprint density at radius 3 is 2.76 bits per heavy atom. The molecule has 0 spiro atoms. The number of amidine groups is 1. The van der Waals surface area contributed by atoms with Gasteiger partial charge in [0.1, 0.15) is 16.7 Å². The van der Waals surface area contributed by atoms with Gasteiger partial charge in [-0.3, -0.25) is 9.59 Å². The highest BCUT2D eigenvalue weighted by Gasteiger charge is 2.29. The zero-order chi connectivity index (χ0) is 15.4. The number of hydrogen-bond donors (Lipinski definition) is 2. The van der Waals surface area contributed by atoms with Crippen molar-refractivity contribution in [3.8, 4) is 11.5 Å². The van der Waals surface area contributed by atoms with E-state index in [9.17, 15) is 9.59 Å². The summed E-state index contributed by atoms with van der Waals surface area (Å²) in [6, 6.07) is 5.05. The zero-order valence-corrected chi connectivity index (χ0v) is 12.4. The molecule has 112 valence electrons. The van der Waals surface area contributed by atoms with Crippen LogP contribution in [0.1, 0.15) is 6.42 Å². The molecule has 0 radical (unpaired) electrons. The Bertz CT molecular complexity index is 603. The lowest BCUT2D eigenvalue weighted by atomic mass is 10.2. The second kappa shape index (κ2) is 6.49. The summed E-state index contributed by atoms with van der Waals surface area (Å²) in [7, 11) is 3.03. The molecular weight excluding hydrogens is 294 g/mol. The molecule has 7 nitrogen and oxygen atoms in total. The normalized spacial score (nSPS) is 17.3. The van der Waals surface area contributed by atoms with Gasteiger partial charge >= 0.3 is 0 Å². The molecule has 1 aliphatic rings. The molecule has 1 atom stereocenters. The van der Waals surface area contributed by atoms with Crippen molar-refractivity contribution >= 4 is 34.4 Å². The number of aliphatic imine (C=N–C) groups is 1. The highest BCUT2D eigenvalue weighted by atomic mass is 32.2. The van der Waals surface area contributed by atoms with Crippen LogP contribution in [0.5, 0.6) is 11.5 Å². The molecule has 0 saturated carbocycles. The van der Waals surface area contributed by atoms with E-state index in [4.69, 9.17) is 15.2 Å². The van der Waals surface area contributed by atoms with E-state index in [1.54, 1.807) is 18.2 Å². The summed E-state index contributed by atoms with van der Waals surface area (Å²) in [4.78, 5) is 27.1. The summed E-state index contributed by atoms with van der Waals surface area (Å²) < 4.78 is 10.3. The van der Waals surface area contributed by atoms with Crippen LogP contribution in [-0.2, 0) is 9.59 Å². The lowest BCUT2D eigenvalue weighted by molar-refractivity contribution is -0.121. The second-order valence-corrected chi connectivity index (χ2v) is 5.44. The number of anilines is 1. The maximum atomic E-state index is 12.0. The van der Waals surface area contributed by atoms with E-state index in [1.807, 2.05) is 0 Å². The number of methoxy groups -OCH3 is 2. The van der Waals surface area contributed by atoms with Gasteiger partial charge < -0.3 is 20.5 Å². The first-order valence-corrected chi connectivity index (χ1v) is 6.98. The lowest BCUT2D eigenvalue weighted by Crippen LogP contribution is -2.21. The van der Waals surface area contributed by atoms with Crippen LogP contribution in [-0.4, -0.2) is 36.5 Å². The number of ether oxygens (including phenoxy) is 2. The Balaban J connectivity index is 2.04. The first kappa shape index (κ1) is 15.2. The van der Waals surface area contributed by atoms with E-state index in [0.717, 1.165) is 11.8 Å². The third-order valence-electron chi connectivity index (χ3n) is 2.81. The molecule has 0 unspecified atom stereocenters. The molecule has 0 bridgehead atoms. The summed E-state index contributed by atoms with van der Waals surface area (Å²) in [5.74, 6) is 0.387. The molecular formula is C13H15N3O4S. The number of rotatable bonds is 5. The third kappa shape index (κ3) is 3.66. The van der Waals surface area contributed by atoms with Crippen LogP contribution < -0.4 is 20.5 Å². The van der Waals surface area contributed by atoms with Gasteiger partial charge in [0.2, 0.25) is 5.91 Å². The van der Waals surface area contributed by atoms with Crippen LogP contribution in [0.25, 0.3) is 0 Å². The van der Waals surface area contributed by atoms with E-state index in [0.29, 0.717) is 17.2 Å². The number of benzene rings is 1. The molecule has 0 fully saturated rings. The molecule has 21 heavy (non-hydrogen) atoms. The Morgan fingerprint density at radius 1 is 1.43 bits per heavy atom. The van der Waals surface area contributed by atoms with Crippen molar-refractivity contribution < 1.29 is 19.1 Å². The van der Waals surface area contributed by atoms with Crippen LogP contribution in [0.4, 0.5) is 5.69 Å². The number of nitrogens with one attached hydrogen (secondary N) is 1. The number of carbonyl (C=O) groups excluding carboxylic acids is 2. The van der Waals surface area contributed by atoms with E-state index in [1.165, 1.54) is 14.2 Å². The fraction of sp³-hybridized carbons (Fsp3) is 0.308. The van der Waals surface area contributed by atoms with Crippen molar-refractivity contribution in [3.63, 3.8) is 0 Å². The number of nitrogens with two attached hydrogens (primary N) is 1. The fourth-order valence-corrected chi connectivity index (χ4v) is 2.64. The maximum absolute atomic E-state index is 12.0. The summed E-state index contributed by atoms with van der Waals surface area (Å²) in [6.07, 6.45) is -0.00589. The van der Waals surface area contributed by atoms with Gasteiger partial charge in [-0.15, -0.1) is 0 Å². The molecule has 3 N–H and O–H groups in total. The number of thioether (sulfide) groups is 1. The van der Waals surface area contributed by atoms with Crippen molar-refractivity contribution in [2.45, 2.75) is 11.7 Å². The van der Waals surface area contributed by atoms with Crippen LogP contribution >= 0.6 is 11.8 Å². The Hall–Kier alpha value is -2.22. The SMILES string of the molecule is COc1ccc(OC)c(NC(=O)C[C@@H]2SC(N)=NC2=O)c1. The van der Waals surface area contributed by atoms with Crippen molar-refractivity contribution in [3.05, 3.63) is 18.2 Å². The first-order valence-electron chi connectivity index (χ1n) is 6.10. The minimum absolute atomic E-state index is 0.00589. The molecule has 1 aliphatic heterocycles. The first-order chi connectivity index (χ1) is 10.0. The van der Waals surface area contributed by atoms with Gasteiger partial charge in [-0.05, 0) is 12.1 Å². The van der Waals surface area contributed by atoms with Crippen molar-refractivity contribution in [2.24, 2.45) is 10.7 Å². The van der Waals surface area contributed by atoms with Crippen molar-refractivity contribution in [1.82, 2.24) is 0 Å². The van der Waals surface area contributed by atoms with Crippen LogP contribution in [0, 0.1) is 0 Å². The number of nitrogens with zero attached hydrogens (tertiary/aromatic N) is 1. The van der Waals surface area contributed by atoms with Gasteiger partial charge in [0.05, 0.1) is 19.9 Å². The fourth-order valence-electron chi connectivity index (χ4n) is 1.81. The Morgan fingerprint density at radius 2 is 2.19 bits per heavy atom. The average molecular weight is 309 g/mol. The number of hydrogen-bond acceptors (Lipinski definition) is 6. The molecule has 2 rings (SSSR count). The summed E-state index contributed by atoms with van der Waals surface area (Å²) in [5.41, 5.74) is 5.93. The van der Waals surface area contributed by atoms with Crippen molar-refractivity contribution in [2.75, 3.05) is 19.5 Å². The van der Waals surface area contributed by atoms with Gasteiger partial charge in [-0.1, -0.05) is 11.8 Å². The predicted molar refractivity (Wildman–Crippen MR) is 80.8 cm³/mol. The third-order valence-corrected chi connectivity index (χ3v) is 3.80. The monoisotopic (exact) mass is 309 g/mol. The number of carbonyl (C=O) groups is 2. The largest absolute Gasteiger partial charge is 0.497 e. The summed E-state index contributed by atoms with van der Waals surface area (Å²) >= 11 is 1.09. The van der Waals surface area contributed by atoms with Gasteiger partial charge in [-0.2, -0.15) is 4.99 Å². The molecule has 0 aromatic heterocycles. The van der Waals surface area contributed by atoms with Gasteiger partial charge in [0.15, 0.2) is 5.17 Å². The molecule has 0 aliphatic carbocycles. The van der Waals surface area contributed by atoms with E-state index < -0.39 is 5.25 Å². The second-order valence-electron chi connectivity index (χ2n) is 4.21. The van der Waals surface area contributed by atoms with Gasteiger partial charge in [-0.25, -0.2) is 0 Å². The summed E-state index contributed by atoms with van der Waals surface area (Å²) in [5, 5.41) is 2.32. The van der Waals surface area contributed by atoms with E-state index >= 15 is 0 Å².